The van der Waals surface area contributed by atoms with Gasteiger partial charge in [0.2, 0.25) is 0 Å². The standard InChI is InChI=1S/C17H17NO2/c1-14-9-11-16(12-10-14)18-17(19)20-13-5-8-15-6-3-2-4-7-15/h2-12H,13H2,1H3,(H,18,19)/b8-5+. The number of rotatable bonds is 4. The average Bonchev–Trinajstić information content (AvgIpc) is 2.47. The zero-order chi connectivity index (χ0) is 14.2. The number of hydrogen-bond acceptors (Lipinski definition) is 2. The molecule has 0 unspecified atom stereocenters. The normalized spacial score (nSPS) is 10.4. The van der Waals surface area contributed by atoms with Crippen LogP contribution in [0.4, 0.5) is 10.5 Å². The Morgan fingerprint density at radius 1 is 1.10 bits per heavy atom. The molecule has 0 fully saturated rings. The second-order valence-electron chi connectivity index (χ2n) is 4.40. The topological polar surface area (TPSA) is 38.3 Å². The van der Waals surface area contributed by atoms with E-state index in [1.165, 1.54) is 0 Å². The van der Waals surface area contributed by atoms with Crippen molar-refractivity contribution >= 4 is 17.9 Å². The van der Waals surface area contributed by atoms with Crippen LogP contribution >= 0.6 is 0 Å². The summed E-state index contributed by atoms with van der Waals surface area (Å²) in [5, 5.41) is 2.67. The predicted molar refractivity (Wildman–Crippen MR) is 81.6 cm³/mol. The third-order valence-electron chi connectivity index (χ3n) is 2.72. The van der Waals surface area contributed by atoms with Gasteiger partial charge >= 0.3 is 6.09 Å². The molecule has 2 aromatic rings. The average molecular weight is 267 g/mol. The molecule has 20 heavy (non-hydrogen) atoms. The fourth-order valence-electron chi connectivity index (χ4n) is 1.66. The van der Waals surface area contributed by atoms with Crippen LogP contribution in [-0.2, 0) is 4.74 Å². The maximum atomic E-state index is 11.5. The van der Waals surface area contributed by atoms with E-state index in [9.17, 15) is 4.79 Å². The number of ether oxygens (including phenoxy) is 1. The first-order valence-corrected chi connectivity index (χ1v) is 6.46. The molecule has 0 aliphatic heterocycles. The maximum absolute atomic E-state index is 11.5. The van der Waals surface area contributed by atoms with Crippen LogP contribution in [0, 0.1) is 6.92 Å². The molecule has 0 radical (unpaired) electrons. The molecule has 3 nitrogen and oxygen atoms in total. The Bertz CT molecular complexity index is 574. The smallest absolute Gasteiger partial charge is 0.411 e. The van der Waals surface area contributed by atoms with E-state index < -0.39 is 6.09 Å². The summed E-state index contributed by atoms with van der Waals surface area (Å²) in [6, 6.07) is 17.4. The maximum Gasteiger partial charge on any atom is 0.411 e. The molecule has 0 atom stereocenters. The molecule has 2 rings (SSSR count). The second-order valence-corrected chi connectivity index (χ2v) is 4.40. The van der Waals surface area contributed by atoms with Crippen molar-refractivity contribution in [3.63, 3.8) is 0 Å². The van der Waals surface area contributed by atoms with Crippen LogP contribution in [0.15, 0.2) is 60.7 Å². The molecule has 0 heterocycles. The van der Waals surface area contributed by atoms with E-state index >= 15 is 0 Å². The Morgan fingerprint density at radius 2 is 1.80 bits per heavy atom. The quantitative estimate of drug-likeness (QED) is 0.899. The van der Waals surface area contributed by atoms with E-state index in [1.54, 1.807) is 0 Å². The van der Waals surface area contributed by atoms with Crippen molar-refractivity contribution in [3.8, 4) is 0 Å². The molecule has 3 heteroatoms. The van der Waals surface area contributed by atoms with Gasteiger partial charge < -0.3 is 4.74 Å². The highest BCUT2D eigenvalue weighted by Gasteiger charge is 2.00. The molecule has 2 aromatic carbocycles. The third-order valence-corrected chi connectivity index (χ3v) is 2.72. The lowest BCUT2D eigenvalue weighted by molar-refractivity contribution is 0.174. The van der Waals surface area contributed by atoms with Crippen LogP contribution in [0.25, 0.3) is 6.08 Å². The van der Waals surface area contributed by atoms with Gasteiger partial charge in [0.25, 0.3) is 0 Å². The number of amides is 1. The zero-order valence-electron chi connectivity index (χ0n) is 11.4. The number of hydrogen-bond donors (Lipinski definition) is 1. The summed E-state index contributed by atoms with van der Waals surface area (Å²) in [7, 11) is 0. The number of carbonyl (C=O) groups excluding carboxylic acids is 1. The number of nitrogens with one attached hydrogen (secondary N) is 1. The molecule has 0 aliphatic rings. The fourth-order valence-corrected chi connectivity index (χ4v) is 1.66. The van der Waals surface area contributed by atoms with Crippen LogP contribution in [-0.4, -0.2) is 12.7 Å². The van der Waals surface area contributed by atoms with E-state index in [-0.39, 0.29) is 6.61 Å². The van der Waals surface area contributed by atoms with Gasteiger partial charge in [-0.1, -0.05) is 54.1 Å². The van der Waals surface area contributed by atoms with Crippen LogP contribution < -0.4 is 5.32 Å². The minimum atomic E-state index is -0.452. The van der Waals surface area contributed by atoms with E-state index in [0.29, 0.717) is 0 Å². The molecule has 1 amide bonds. The van der Waals surface area contributed by atoms with E-state index in [4.69, 9.17) is 4.74 Å². The van der Waals surface area contributed by atoms with Gasteiger partial charge in [0, 0.05) is 5.69 Å². The van der Waals surface area contributed by atoms with Crippen molar-refractivity contribution in [1.29, 1.82) is 0 Å². The van der Waals surface area contributed by atoms with Crippen molar-refractivity contribution in [2.24, 2.45) is 0 Å². The lowest BCUT2D eigenvalue weighted by atomic mass is 10.2. The molecular formula is C17H17NO2. The van der Waals surface area contributed by atoms with Crippen molar-refractivity contribution < 1.29 is 9.53 Å². The SMILES string of the molecule is Cc1ccc(NC(=O)OC/C=C/c2ccccc2)cc1. The molecular weight excluding hydrogens is 250 g/mol. The fraction of sp³-hybridized carbons (Fsp3) is 0.118. The molecule has 0 saturated heterocycles. The van der Waals surface area contributed by atoms with Gasteiger partial charge in [0.1, 0.15) is 6.61 Å². The summed E-state index contributed by atoms with van der Waals surface area (Å²) in [6.45, 7) is 2.24. The molecule has 102 valence electrons. The molecule has 0 aliphatic carbocycles. The van der Waals surface area contributed by atoms with Crippen molar-refractivity contribution in [1.82, 2.24) is 0 Å². The highest BCUT2D eigenvalue weighted by Crippen LogP contribution is 2.08. The van der Waals surface area contributed by atoms with Gasteiger partial charge in [-0.05, 0) is 30.7 Å². The largest absolute Gasteiger partial charge is 0.445 e. The zero-order valence-corrected chi connectivity index (χ0v) is 11.4. The van der Waals surface area contributed by atoms with Gasteiger partial charge in [0.05, 0.1) is 0 Å². The minimum absolute atomic E-state index is 0.243. The van der Waals surface area contributed by atoms with Gasteiger partial charge in [-0.25, -0.2) is 4.79 Å². The van der Waals surface area contributed by atoms with Crippen LogP contribution in [0.5, 0.6) is 0 Å². The first kappa shape index (κ1) is 13.9. The summed E-state index contributed by atoms with van der Waals surface area (Å²) < 4.78 is 5.06. The highest BCUT2D eigenvalue weighted by atomic mass is 16.5. The molecule has 0 saturated carbocycles. The number of carbonyl (C=O) groups is 1. The third kappa shape index (κ3) is 4.61. The van der Waals surface area contributed by atoms with Gasteiger partial charge in [0.15, 0.2) is 0 Å². The Morgan fingerprint density at radius 3 is 2.50 bits per heavy atom. The Labute approximate surface area is 118 Å². The summed E-state index contributed by atoms with van der Waals surface area (Å²) >= 11 is 0. The molecule has 1 N–H and O–H groups in total. The Balaban J connectivity index is 1.75. The highest BCUT2D eigenvalue weighted by molar-refractivity contribution is 5.84. The number of benzene rings is 2. The van der Waals surface area contributed by atoms with Gasteiger partial charge in [-0.15, -0.1) is 0 Å². The summed E-state index contributed by atoms with van der Waals surface area (Å²) in [5.41, 5.74) is 2.96. The predicted octanol–water partition coefficient (Wildman–Crippen LogP) is 4.26. The second kappa shape index (κ2) is 7.14. The lowest BCUT2D eigenvalue weighted by Gasteiger charge is -2.05. The van der Waals surface area contributed by atoms with E-state index in [2.05, 4.69) is 5.32 Å². The Kier molecular flexibility index (Phi) is 4.95. The molecule has 0 aromatic heterocycles. The number of aryl methyl sites for hydroxylation is 1. The van der Waals surface area contributed by atoms with Gasteiger partial charge in [-0.2, -0.15) is 0 Å². The lowest BCUT2D eigenvalue weighted by Crippen LogP contribution is -2.13. The summed E-state index contributed by atoms with van der Waals surface area (Å²) in [4.78, 5) is 11.5. The van der Waals surface area contributed by atoms with Crippen LogP contribution in [0.3, 0.4) is 0 Å². The van der Waals surface area contributed by atoms with E-state index in [0.717, 1.165) is 16.8 Å². The first-order chi connectivity index (χ1) is 9.74. The summed E-state index contributed by atoms with van der Waals surface area (Å²) in [6.07, 6.45) is 3.27. The number of anilines is 1. The van der Waals surface area contributed by atoms with E-state index in [1.807, 2.05) is 73.7 Å². The van der Waals surface area contributed by atoms with Crippen LogP contribution in [0.1, 0.15) is 11.1 Å². The van der Waals surface area contributed by atoms with Crippen molar-refractivity contribution in [3.05, 3.63) is 71.8 Å². The van der Waals surface area contributed by atoms with Crippen LogP contribution in [0.2, 0.25) is 0 Å². The van der Waals surface area contributed by atoms with Crippen molar-refractivity contribution in [2.45, 2.75) is 6.92 Å². The van der Waals surface area contributed by atoms with Crippen molar-refractivity contribution in [2.75, 3.05) is 11.9 Å². The Hall–Kier alpha value is -2.55. The monoisotopic (exact) mass is 267 g/mol. The van der Waals surface area contributed by atoms with Gasteiger partial charge in [-0.3, -0.25) is 5.32 Å². The molecule has 0 bridgehead atoms. The first-order valence-electron chi connectivity index (χ1n) is 6.46. The molecule has 0 spiro atoms. The summed E-state index contributed by atoms with van der Waals surface area (Å²) in [5.74, 6) is 0. The minimum Gasteiger partial charge on any atom is -0.445 e.